The van der Waals surface area contributed by atoms with E-state index < -0.39 is 22.0 Å². The Bertz CT molecular complexity index is 1240. The smallest absolute Gasteiger partial charge is 0.291 e. The van der Waals surface area contributed by atoms with Crippen LogP contribution in [0.4, 0.5) is 0 Å². The standard InChI is InChI=1S/C24H18O4S/c25-23(19-11-3-1-4-12-19)24(20-13-5-2-6-14-20)28-29(26,27)22-17-9-15-18-10-7-8-16-21(18)22/h1-17,24H. The van der Waals surface area contributed by atoms with E-state index in [2.05, 4.69) is 0 Å². The molecule has 4 rings (SSSR count). The first-order chi connectivity index (χ1) is 14.1. The Labute approximate surface area is 169 Å². The number of benzene rings is 4. The van der Waals surface area contributed by atoms with E-state index in [0.29, 0.717) is 16.5 Å². The lowest BCUT2D eigenvalue weighted by Gasteiger charge is -2.18. The van der Waals surface area contributed by atoms with Gasteiger partial charge in [0.2, 0.25) is 0 Å². The number of Topliss-reactive ketones (excluding diaryl/α,β-unsaturated/α-hetero) is 1. The summed E-state index contributed by atoms with van der Waals surface area (Å²) < 4.78 is 31.9. The summed E-state index contributed by atoms with van der Waals surface area (Å²) in [7, 11) is -4.21. The topological polar surface area (TPSA) is 60.4 Å². The van der Waals surface area contributed by atoms with Gasteiger partial charge < -0.3 is 0 Å². The maximum Gasteiger partial charge on any atom is 0.298 e. The van der Waals surface area contributed by atoms with Crippen LogP contribution in [0.1, 0.15) is 22.0 Å². The van der Waals surface area contributed by atoms with Gasteiger partial charge in [-0.1, -0.05) is 97.1 Å². The maximum absolute atomic E-state index is 13.2. The fourth-order valence-electron chi connectivity index (χ4n) is 3.22. The number of carbonyl (C=O) groups is 1. The van der Waals surface area contributed by atoms with Crippen molar-refractivity contribution in [1.29, 1.82) is 0 Å². The number of rotatable bonds is 6. The van der Waals surface area contributed by atoms with Crippen molar-refractivity contribution >= 4 is 26.7 Å². The molecule has 5 heteroatoms. The summed E-state index contributed by atoms with van der Waals surface area (Å²) in [6.45, 7) is 0. The van der Waals surface area contributed by atoms with E-state index in [9.17, 15) is 13.2 Å². The van der Waals surface area contributed by atoms with Gasteiger partial charge in [0, 0.05) is 10.9 Å². The van der Waals surface area contributed by atoms with Gasteiger partial charge in [-0.3, -0.25) is 4.79 Å². The summed E-state index contributed by atoms with van der Waals surface area (Å²) in [5, 5.41) is 1.33. The van der Waals surface area contributed by atoms with Crippen molar-refractivity contribution in [2.75, 3.05) is 0 Å². The van der Waals surface area contributed by atoms with E-state index in [4.69, 9.17) is 4.18 Å². The normalized spacial score (nSPS) is 12.6. The monoisotopic (exact) mass is 402 g/mol. The molecule has 29 heavy (non-hydrogen) atoms. The van der Waals surface area contributed by atoms with Crippen LogP contribution >= 0.6 is 0 Å². The highest BCUT2D eigenvalue weighted by atomic mass is 32.2. The SMILES string of the molecule is O=C(c1ccccc1)C(OS(=O)(=O)c1cccc2ccccc12)c1ccccc1. The number of carbonyl (C=O) groups excluding carboxylic acids is 1. The van der Waals surface area contributed by atoms with E-state index in [0.717, 1.165) is 5.39 Å². The fourth-order valence-corrected chi connectivity index (χ4v) is 4.48. The first kappa shape index (κ1) is 19.1. The first-order valence-corrected chi connectivity index (χ1v) is 10.5. The van der Waals surface area contributed by atoms with Crippen molar-refractivity contribution in [3.05, 3.63) is 114 Å². The third kappa shape index (κ3) is 3.97. The zero-order valence-corrected chi connectivity index (χ0v) is 16.3. The molecule has 0 saturated carbocycles. The van der Waals surface area contributed by atoms with Crippen molar-refractivity contribution in [2.24, 2.45) is 0 Å². The number of hydrogen-bond donors (Lipinski definition) is 0. The van der Waals surface area contributed by atoms with Gasteiger partial charge >= 0.3 is 0 Å². The van der Waals surface area contributed by atoms with E-state index >= 15 is 0 Å². The van der Waals surface area contributed by atoms with E-state index in [-0.39, 0.29) is 4.90 Å². The molecule has 1 unspecified atom stereocenters. The van der Waals surface area contributed by atoms with Crippen LogP contribution in [-0.2, 0) is 14.3 Å². The Morgan fingerprint density at radius 3 is 2.00 bits per heavy atom. The summed E-state index contributed by atoms with van der Waals surface area (Å²) in [6, 6.07) is 29.4. The van der Waals surface area contributed by atoms with Gasteiger partial charge in [0.25, 0.3) is 10.1 Å². The summed E-state index contributed by atoms with van der Waals surface area (Å²) in [5.74, 6) is -0.416. The van der Waals surface area contributed by atoms with E-state index in [1.54, 1.807) is 78.9 Å². The van der Waals surface area contributed by atoms with Gasteiger partial charge in [-0.2, -0.15) is 8.42 Å². The number of hydrogen-bond acceptors (Lipinski definition) is 4. The molecule has 144 valence electrons. The van der Waals surface area contributed by atoms with Crippen LogP contribution in [0.3, 0.4) is 0 Å². The van der Waals surface area contributed by atoms with Gasteiger partial charge in [0.15, 0.2) is 11.9 Å². The summed E-state index contributed by atoms with van der Waals surface area (Å²) in [6.07, 6.45) is -1.28. The highest BCUT2D eigenvalue weighted by Gasteiger charge is 2.30. The first-order valence-electron chi connectivity index (χ1n) is 9.11. The molecule has 0 heterocycles. The summed E-state index contributed by atoms with van der Waals surface area (Å²) in [5.41, 5.74) is 0.861. The molecule has 0 aromatic heterocycles. The minimum absolute atomic E-state index is 0.0393. The van der Waals surface area contributed by atoms with Gasteiger partial charge in [0.05, 0.1) is 0 Å². The fraction of sp³-hybridized carbons (Fsp3) is 0.0417. The summed E-state index contributed by atoms with van der Waals surface area (Å²) in [4.78, 5) is 13.2. The van der Waals surface area contributed by atoms with Crippen LogP contribution < -0.4 is 0 Å². The number of ketones is 1. The molecule has 0 aliphatic carbocycles. The average Bonchev–Trinajstić information content (AvgIpc) is 2.78. The largest absolute Gasteiger partial charge is 0.298 e. The second kappa shape index (κ2) is 7.99. The molecule has 0 aliphatic rings. The van der Waals surface area contributed by atoms with Gasteiger partial charge in [-0.25, -0.2) is 4.18 Å². The predicted octanol–water partition coefficient (Wildman–Crippen LogP) is 5.17. The van der Waals surface area contributed by atoms with Crippen LogP contribution in [0.2, 0.25) is 0 Å². The van der Waals surface area contributed by atoms with Crippen molar-refractivity contribution < 1.29 is 17.4 Å². The molecule has 4 aromatic rings. The molecular weight excluding hydrogens is 384 g/mol. The zero-order chi connectivity index (χ0) is 20.3. The quantitative estimate of drug-likeness (QED) is 0.330. The van der Waals surface area contributed by atoms with Crippen LogP contribution in [0.5, 0.6) is 0 Å². The Balaban J connectivity index is 1.79. The van der Waals surface area contributed by atoms with Gasteiger partial charge in [-0.15, -0.1) is 0 Å². The van der Waals surface area contributed by atoms with Crippen LogP contribution in [0.25, 0.3) is 10.8 Å². The van der Waals surface area contributed by atoms with Crippen LogP contribution in [0.15, 0.2) is 108 Å². The molecule has 0 amide bonds. The van der Waals surface area contributed by atoms with Crippen molar-refractivity contribution in [3.63, 3.8) is 0 Å². The Hall–Kier alpha value is -3.28. The molecule has 0 saturated heterocycles. The Morgan fingerprint density at radius 1 is 0.690 bits per heavy atom. The molecule has 0 bridgehead atoms. The molecule has 0 N–H and O–H groups in total. The van der Waals surface area contributed by atoms with Crippen molar-refractivity contribution in [2.45, 2.75) is 11.0 Å². The molecule has 4 nitrogen and oxygen atoms in total. The minimum Gasteiger partial charge on any atom is -0.291 e. The predicted molar refractivity (Wildman–Crippen MR) is 112 cm³/mol. The number of fused-ring (bicyclic) bond motifs is 1. The van der Waals surface area contributed by atoms with Crippen LogP contribution in [-0.4, -0.2) is 14.2 Å². The molecule has 0 fully saturated rings. The molecule has 0 spiro atoms. The van der Waals surface area contributed by atoms with Gasteiger partial charge in [-0.05, 0) is 17.0 Å². The lowest BCUT2D eigenvalue weighted by molar-refractivity contribution is 0.0801. The van der Waals surface area contributed by atoms with Crippen molar-refractivity contribution in [3.8, 4) is 0 Å². The molecule has 0 aliphatic heterocycles. The zero-order valence-electron chi connectivity index (χ0n) is 15.4. The second-order valence-electron chi connectivity index (χ2n) is 6.55. The minimum atomic E-state index is -4.21. The Morgan fingerprint density at radius 2 is 1.28 bits per heavy atom. The van der Waals surface area contributed by atoms with Crippen molar-refractivity contribution in [1.82, 2.24) is 0 Å². The molecule has 1 atom stereocenters. The third-order valence-corrected chi connectivity index (χ3v) is 5.98. The van der Waals surface area contributed by atoms with E-state index in [1.807, 2.05) is 18.2 Å². The third-order valence-electron chi connectivity index (χ3n) is 4.64. The summed E-state index contributed by atoms with van der Waals surface area (Å²) >= 11 is 0. The second-order valence-corrected chi connectivity index (χ2v) is 8.09. The van der Waals surface area contributed by atoms with E-state index in [1.165, 1.54) is 6.07 Å². The Kier molecular flexibility index (Phi) is 5.25. The average molecular weight is 402 g/mol. The molecular formula is C24H18O4S. The molecule has 4 aromatic carbocycles. The maximum atomic E-state index is 13.2. The van der Waals surface area contributed by atoms with Gasteiger partial charge in [0.1, 0.15) is 4.90 Å². The highest BCUT2D eigenvalue weighted by molar-refractivity contribution is 7.87. The lowest BCUT2D eigenvalue weighted by Crippen LogP contribution is -2.20. The lowest BCUT2D eigenvalue weighted by atomic mass is 10.0. The highest BCUT2D eigenvalue weighted by Crippen LogP contribution is 2.30. The molecule has 0 radical (unpaired) electrons. The van der Waals surface area contributed by atoms with Crippen LogP contribution in [0, 0.1) is 0 Å².